The molecule has 0 bridgehead atoms. The molecule has 2 amide bonds. The minimum absolute atomic E-state index is 0.0286. The molecule has 0 aromatic heterocycles. The smallest absolute Gasteiger partial charge is 0.255 e. The first kappa shape index (κ1) is 16.4. The Morgan fingerprint density at radius 2 is 1.92 bits per heavy atom. The number of nitrogens with one attached hydrogen (secondary N) is 1. The minimum atomic E-state index is -0.580. The quantitative estimate of drug-likeness (QED) is 0.875. The molecule has 124 valence electrons. The first-order valence-corrected chi connectivity index (χ1v) is 8.66. The Morgan fingerprint density at radius 3 is 2.75 bits per heavy atom. The fourth-order valence-corrected chi connectivity index (χ4v) is 3.78. The van der Waals surface area contributed by atoms with E-state index in [1.54, 1.807) is 36.0 Å². The van der Waals surface area contributed by atoms with Crippen molar-refractivity contribution >= 4 is 23.6 Å². The van der Waals surface area contributed by atoms with Gasteiger partial charge in [0.15, 0.2) is 6.61 Å². The van der Waals surface area contributed by atoms with Crippen molar-refractivity contribution in [2.75, 3.05) is 12.4 Å². The molecule has 1 atom stereocenters. The third-order valence-corrected chi connectivity index (χ3v) is 4.89. The topological polar surface area (TPSA) is 81.4 Å². The number of para-hydroxylation sites is 1. The van der Waals surface area contributed by atoms with Gasteiger partial charge in [0.2, 0.25) is 0 Å². The fourth-order valence-electron chi connectivity index (χ4n) is 2.66. The standard InChI is InChI=1S/C18H18N2O3S/c19-17(21)11-23-15-7-3-1-6-13(15)18(22)20-14-9-10-24-16-8-4-2-5-12(14)16/h1-8,14H,9-11H2,(H2,19,21)(H,20,22)/t14-/m0/s1. The van der Waals surface area contributed by atoms with Gasteiger partial charge in [0.25, 0.3) is 11.8 Å². The van der Waals surface area contributed by atoms with Crippen LogP contribution in [0.25, 0.3) is 0 Å². The van der Waals surface area contributed by atoms with Crippen LogP contribution in [0, 0.1) is 0 Å². The largest absolute Gasteiger partial charge is 0.483 e. The number of carbonyl (C=O) groups is 2. The van der Waals surface area contributed by atoms with Crippen molar-refractivity contribution < 1.29 is 14.3 Å². The van der Waals surface area contributed by atoms with Crippen LogP contribution in [0.15, 0.2) is 53.4 Å². The Bertz CT molecular complexity index is 763. The maximum absolute atomic E-state index is 12.7. The highest BCUT2D eigenvalue weighted by Crippen LogP contribution is 2.36. The molecule has 0 unspecified atom stereocenters. The normalized spacial score (nSPS) is 16.1. The van der Waals surface area contributed by atoms with Gasteiger partial charge in [-0.2, -0.15) is 0 Å². The SMILES string of the molecule is NC(=O)COc1ccccc1C(=O)N[C@H]1CCSc2ccccc21. The molecule has 0 radical (unpaired) electrons. The molecule has 3 rings (SSSR count). The van der Waals surface area contributed by atoms with Crippen molar-refractivity contribution in [2.24, 2.45) is 5.73 Å². The number of primary amides is 1. The van der Waals surface area contributed by atoms with E-state index in [1.165, 1.54) is 4.90 Å². The number of carbonyl (C=O) groups excluding carboxylic acids is 2. The van der Waals surface area contributed by atoms with Crippen molar-refractivity contribution in [3.63, 3.8) is 0 Å². The van der Waals surface area contributed by atoms with E-state index in [0.717, 1.165) is 17.7 Å². The van der Waals surface area contributed by atoms with Gasteiger partial charge in [-0.25, -0.2) is 0 Å². The summed E-state index contributed by atoms with van der Waals surface area (Å²) in [5.74, 6) is 0.513. The van der Waals surface area contributed by atoms with Crippen LogP contribution in [0.3, 0.4) is 0 Å². The van der Waals surface area contributed by atoms with E-state index in [4.69, 9.17) is 10.5 Å². The highest BCUT2D eigenvalue weighted by Gasteiger charge is 2.23. The van der Waals surface area contributed by atoms with Crippen molar-refractivity contribution in [3.05, 3.63) is 59.7 Å². The van der Waals surface area contributed by atoms with E-state index in [2.05, 4.69) is 11.4 Å². The van der Waals surface area contributed by atoms with Gasteiger partial charge in [-0.05, 0) is 30.2 Å². The molecule has 3 N–H and O–H groups in total. The third-order valence-electron chi connectivity index (χ3n) is 3.77. The number of ether oxygens (including phenoxy) is 1. The Morgan fingerprint density at radius 1 is 1.17 bits per heavy atom. The van der Waals surface area contributed by atoms with Gasteiger partial charge < -0.3 is 15.8 Å². The molecular formula is C18H18N2O3S. The van der Waals surface area contributed by atoms with Gasteiger partial charge in [0, 0.05) is 10.6 Å². The summed E-state index contributed by atoms with van der Waals surface area (Å²) in [7, 11) is 0. The van der Waals surface area contributed by atoms with E-state index in [-0.39, 0.29) is 18.6 Å². The molecule has 24 heavy (non-hydrogen) atoms. The fraction of sp³-hybridized carbons (Fsp3) is 0.222. The second-order valence-electron chi connectivity index (χ2n) is 5.45. The van der Waals surface area contributed by atoms with E-state index >= 15 is 0 Å². The van der Waals surface area contributed by atoms with E-state index in [9.17, 15) is 9.59 Å². The average Bonchev–Trinajstić information content (AvgIpc) is 2.60. The molecular weight excluding hydrogens is 324 g/mol. The zero-order chi connectivity index (χ0) is 16.9. The number of hydrogen-bond donors (Lipinski definition) is 2. The maximum atomic E-state index is 12.7. The van der Waals surface area contributed by atoms with Crippen LogP contribution in [0.4, 0.5) is 0 Å². The van der Waals surface area contributed by atoms with Crippen molar-refractivity contribution in [1.82, 2.24) is 5.32 Å². The molecule has 0 aliphatic carbocycles. The number of amides is 2. The zero-order valence-electron chi connectivity index (χ0n) is 13.0. The molecule has 6 heteroatoms. The van der Waals surface area contributed by atoms with Crippen LogP contribution in [-0.2, 0) is 4.79 Å². The zero-order valence-corrected chi connectivity index (χ0v) is 13.8. The first-order valence-electron chi connectivity index (χ1n) is 7.68. The number of rotatable bonds is 5. The van der Waals surface area contributed by atoms with Crippen LogP contribution in [0.5, 0.6) is 5.75 Å². The third kappa shape index (κ3) is 3.71. The molecule has 1 aliphatic rings. The van der Waals surface area contributed by atoms with Gasteiger partial charge in [0.1, 0.15) is 5.75 Å². The second-order valence-corrected chi connectivity index (χ2v) is 6.59. The lowest BCUT2D eigenvalue weighted by atomic mass is 10.0. The molecule has 2 aromatic carbocycles. The van der Waals surface area contributed by atoms with Gasteiger partial charge >= 0.3 is 0 Å². The number of fused-ring (bicyclic) bond motifs is 1. The molecule has 2 aromatic rings. The minimum Gasteiger partial charge on any atom is -0.483 e. The number of benzene rings is 2. The summed E-state index contributed by atoms with van der Waals surface area (Å²) in [6, 6.07) is 14.9. The summed E-state index contributed by atoms with van der Waals surface area (Å²) in [6.07, 6.45) is 0.873. The number of hydrogen-bond acceptors (Lipinski definition) is 4. The van der Waals surface area contributed by atoms with Crippen LogP contribution in [0.2, 0.25) is 0 Å². The molecule has 0 saturated heterocycles. The van der Waals surface area contributed by atoms with Gasteiger partial charge in [0.05, 0.1) is 11.6 Å². The van der Waals surface area contributed by atoms with Crippen molar-refractivity contribution in [1.29, 1.82) is 0 Å². The molecule has 0 spiro atoms. The monoisotopic (exact) mass is 342 g/mol. The van der Waals surface area contributed by atoms with Crippen LogP contribution in [-0.4, -0.2) is 24.2 Å². The molecule has 5 nitrogen and oxygen atoms in total. The Kier molecular flexibility index (Phi) is 5.05. The number of nitrogens with two attached hydrogens (primary N) is 1. The first-order chi connectivity index (χ1) is 11.6. The molecule has 0 fully saturated rings. The Balaban J connectivity index is 1.78. The summed E-state index contributed by atoms with van der Waals surface area (Å²) in [4.78, 5) is 24.8. The molecule has 1 aliphatic heterocycles. The predicted octanol–water partition coefficient (Wildman–Crippen LogP) is 2.52. The van der Waals surface area contributed by atoms with Gasteiger partial charge in [-0.15, -0.1) is 11.8 Å². The highest BCUT2D eigenvalue weighted by molar-refractivity contribution is 7.99. The average molecular weight is 342 g/mol. The second kappa shape index (κ2) is 7.40. The van der Waals surface area contributed by atoms with Crippen LogP contribution < -0.4 is 15.8 Å². The summed E-state index contributed by atoms with van der Waals surface area (Å²) in [6.45, 7) is -0.257. The Labute approximate surface area is 144 Å². The lowest BCUT2D eigenvalue weighted by Crippen LogP contribution is -2.31. The highest BCUT2D eigenvalue weighted by atomic mass is 32.2. The van der Waals surface area contributed by atoms with E-state index < -0.39 is 5.91 Å². The summed E-state index contributed by atoms with van der Waals surface area (Å²) in [5.41, 5.74) is 6.64. The van der Waals surface area contributed by atoms with Crippen LogP contribution in [0.1, 0.15) is 28.4 Å². The Hall–Kier alpha value is -2.47. The van der Waals surface area contributed by atoms with Crippen molar-refractivity contribution in [3.8, 4) is 5.75 Å². The molecule has 0 saturated carbocycles. The summed E-state index contributed by atoms with van der Waals surface area (Å²) in [5, 5.41) is 3.07. The summed E-state index contributed by atoms with van der Waals surface area (Å²) < 4.78 is 5.34. The lowest BCUT2D eigenvalue weighted by Gasteiger charge is -2.26. The van der Waals surface area contributed by atoms with E-state index in [0.29, 0.717) is 11.3 Å². The number of thioether (sulfide) groups is 1. The van der Waals surface area contributed by atoms with Gasteiger partial charge in [-0.3, -0.25) is 9.59 Å². The van der Waals surface area contributed by atoms with Gasteiger partial charge in [-0.1, -0.05) is 30.3 Å². The molecule has 1 heterocycles. The lowest BCUT2D eigenvalue weighted by molar-refractivity contribution is -0.119. The maximum Gasteiger partial charge on any atom is 0.255 e. The van der Waals surface area contributed by atoms with E-state index in [1.807, 2.05) is 18.2 Å². The predicted molar refractivity (Wildman–Crippen MR) is 93.1 cm³/mol. The summed E-state index contributed by atoms with van der Waals surface area (Å²) >= 11 is 1.80. The van der Waals surface area contributed by atoms with Crippen LogP contribution >= 0.6 is 11.8 Å². The van der Waals surface area contributed by atoms with Crippen molar-refractivity contribution in [2.45, 2.75) is 17.4 Å².